The van der Waals surface area contributed by atoms with E-state index in [-0.39, 0.29) is 0 Å². The molecule has 0 aliphatic heterocycles. The lowest BCUT2D eigenvalue weighted by atomic mass is 9.80. The van der Waals surface area contributed by atoms with E-state index in [1.54, 1.807) is 0 Å². The van der Waals surface area contributed by atoms with Crippen LogP contribution in [0.4, 0.5) is 0 Å². The summed E-state index contributed by atoms with van der Waals surface area (Å²) >= 11 is 0. The lowest BCUT2D eigenvalue weighted by molar-refractivity contribution is 0.264. The lowest BCUT2D eigenvalue weighted by Crippen LogP contribution is -2.12. The first-order chi connectivity index (χ1) is 7.08. The second kappa shape index (κ2) is 6.55. The fourth-order valence-corrected chi connectivity index (χ4v) is 2.42. The average Bonchev–Trinajstić information content (AvgIpc) is 2.81. The van der Waals surface area contributed by atoms with Gasteiger partial charge in [-0.2, -0.15) is 0 Å². The minimum absolute atomic E-state index is 0.931. The highest BCUT2D eigenvalue weighted by molar-refractivity contribution is 4.73. The molecule has 0 heterocycles. The van der Waals surface area contributed by atoms with Crippen molar-refractivity contribution in [3.8, 4) is 0 Å². The van der Waals surface area contributed by atoms with Crippen molar-refractivity contribution in [2.24, 2.45) is 23.7 Å². The maximum Gasteiger partial charge on any atom is -0.0412 e. The second-order valence-electron chi connectivity index (χ2n) is 6.50. The van der Waals surface area contributed by atoms with Gasteiger partial charge in [-0.1, -0.05) is 59.8 Å². The number of hydrogen-bond acceptors (Lipinski definition) is 0. The molecule has 0 aromatic rings. The zero-order valence-corrected chi connectivity index (χ0v) is 11.3. The van der Waals surface area contributed by atoms with E-state index in [0.29, 0.717) is 0 Å². The number of rotatable bonds is 4. The lowest BCUT2D eigenvalue weighted by Gasteiger charge is -2.26. The molecule has 0 saturated heterocycles. The summed E-state index contributed by atoms with van der Waals surface area (Å²) in [5, 5.41) is 0. The van der Waals surface area contributed by atoms with Crippen molar-refractivity contribution in [3.63, 3.8) is 0 Å². The Bertz CT molecular complexity index is 149. The van der Waals surface area contributed by atoms with E-state index in [0.717, 1.165) is 23.7 Å². The summed E-state index contributed by atoms with van der Waals surface area (Å²) < 4.78 is 0. The smallest absolute Gasteiger partial charge is 0.0412 e. The van der Waals surface area contributed by atoms with Gasteiger partial charge in [0.1, 0.15) is 0 Å². The SMILES string of the molecule is CC(C)CC1CC1.CC(C)CC1CCC1. The molecule has 0 atom stereocenters. The Morgan fingerprint density at radius 2 is 1.13 bits per heavy atom. The van der Waals surface area contributed by atoms with E-state index >= 15 is 0 Å². The van der Waals surface area contributed by atoms with Crippen LogP contribution in [-0.2, 0) is 0 Å². The van der Waals surface area contributed by atoms with Crippen molar-refractivity contribution in [1.82, 2.24) is 0 Å². The van der Waals surface area contributed by atoms with Gasteiger partial charge in [0, 0.05) is 0 Å². The highest BCUT2D eigenvalue weighted by Crippen LogP contribution is 2.34. The third-order valence-electron chi connectivity index (χ3n) is 3.53. The van der Waals surface area contributed by atoms with Gasteiger partial charge in [0.2, 0.25) is 0 Å². The molecule has 0 amide bonds. The molecule has 0 nitrogen and oxygen atoms in total. The standard InChI is InChI=1S/C8H16.C7H14/c1-7(2)6-8-4-3-5-8;1-6(2)5-7-3-4-7/h7-8H,3-6H2,1-2H3;6-7H,3-5H2,1-2H3. The zero-order valence-electron chi connectivity index (χ0n) is 11.3. The Kier molecular flexibility index (Phi) is 5.71. The Morgan fingerprint density at radius 1 is 0.733 bits per heavy atom. The van der Waals surface area contributed by atoms with Gasteiger partial charge >= 0.3 is 0 Å². The molecule has 2 fully saturated rings. The highest BCUT2D eigenvalue weighted by atomic mass is 14.3. The van der Waals surface area contributed by atoms with Crippen molar-refractivity contribution >= 4 is 0 Å². The Morgan fingerprint density at radius 3 is 1.27 bits per heavy atom. The average molecular weight is 210 g/mol. The van der Waals surface area contributed by atoms with Crippen molar-refractivity contribution < 1.29 is 0 Å². The Hall–Kier alpha value is 0. The van der Waals surface area contributed by atoms with Gasteiger partial charge < -0.3 is 0 Å². The van der Waals surface area contributed by atoms with Crippen LogP contribution in [0, 0.1) is 23.7 Å². The van der Waals surface area contributed by atoms with Crippen LogP contribution in [0.2, 0.25) is 0 Å². The fourth-order valence-electron chi connectivity index (χ4n) is 2.42. The van der Waals surface area contributed by atoms with Gasteiger partial charge in [-0.05, 0) is 36.5 Å². The van der Waals surface area contributed by atoms with Gasteiger partial charge in [0.05, 0.1) is 0 Å². The van der Waals surface area contributed by atoms with Crippen LogP contribution in [-0.4, -0.2) is 0 Å². The summed E-state index contributed by atoms with van der Waals surface area (Å²) in [5.41, 5.74) is 0. The third kappa shape index (κ3) is 6.98. The molecule has 90 valence electrons. The van der Waals surface area contributed by atoms with Crippen molar-refractivity contribution in [1.29, 1.82) is 0 Å². The van der Waals surface area contributed by atoms with Crippen molar-refractivity contribution in [2.75, 3.05) is 0 Å². The number of hydrogen-bond donors (Lipinski definition) is 0. The monoisotopic (exact) mass is 210 g/mol. The molecule has 2 aliphatic carbocycles. The predicted octanol–water partition coefficient (Wildman–Crippen LogP) is 5.28. The minimum atomic E-state index is 0.931. The second-order valence-corrected chi connectivity index (χ2v) is 6.50. The van der Waals surface area contributed by atoms with Crippen LogP contribution < -0.4 is 0 Å². The normalized spacial score (nSPS) is 21.2. The molecule has 0 heteroatoms. The molecule has 0 bridgehead atoms. The van der Waals surface area contributed by atoms with Crippen molar-refractivity contribution in [2.45, 2.75) is 72.6 Å². The van der Waals surface area contributed by atoms with Gasteiger partial charge in [-0.3, -0.25) is 0 Å². The molecule has 0 aromatic carbocycles. The maximum absolute atomic E-state index is 2.32. The molecule has 0 radical (unpaired) electrons. The summed E-state index contributed by atoms with van der Waals surface area (Å²) in [6.45, 7) is 9.24. The largest absolute Gasteiger partial charge is 0.0628 e. The molecular weight excluding hydrogens is 180 g/mol. The molecule has 0 N–H and O–H groups in total. The highest BCUT2D eigenvalue weighted by Gasteiger charge is 2.21. The van der Waals surface area contributed by atoms with Crippen LogP contribution in [0.1, 0.15) is 72.6 Å². The Balaban J connectivity index is 0.000000151. The summed E-state index contributed by atoms with van der Waals surface area (Å²) in [4.78, 5) is 0. The summed E-state index contributed by atoms with van der Waals surface area (Å²) in [7, 11) is 0. The minimum Gasteiger partial charge on any atom is -0.0628 e. The van der Waals surface area contributed by atoms with E-state index in [1.807, 2.05) is 0 Å². The van der Waals surface area contributed by atoms with E-state index in [9.17, 15) is 0 Å². The van der Waals surface area contributed by atoms with E-state index in [4.69, 9.17) is 0 Å². The van der Waals surface area contributed by atoms with Crippen LogP contribution in [0.15, 0.2) is 0 Å². The molecule has 2 aliphatic rings. The van der Waals surface area contributed by atoms with Gasteiger partial charge in [-0.25, -0.2) is 0 Å². The summed E-state index contributed by atoms with van der Waals surface area (Å²) in [6.07, 6.45) is 10.5. The predicted molar refractivity (Wildman–Crippen MR) is 69.0 cm³/mol. The first-order valence-corrected chi connectivity index (χ1v) is 7.08. The molecule has 0 spiro atoms. The molecule has 0 aromatic heterocycles. The summed E-state index contributed by atoms with van der Waals surface area (Å²) in [5.74, 6) is 4.10. The molecule has 2 rings (SSSR count). The van der Waals surface area contributed by atoms with E-state index < -0.39 is 0 Å². The van der Waals surface area contributed by atoms with Crippen LogP contribution in [0.25, 0.3) is 0 Å². The molecule has 0 unspecified atom stereocenters. The van der Waals surface area contributed by atoms with Gasteiger partial charge in [0.25, 0.3) is 0 Å². The topological polar surface area (TPSA) is 0 Å². The van der Waals surface area contributed by atoms with Gasteiger partial charge in [0.15, 0.2) is 0 Å². The summed E-state index contributed by atoms with van der Waals surface area (Å²) in [6, 6.07) is 0. The molecular formula is C15H30. The van der Waals surface area contributed by atoms with E-state index in [1.165, 1.54) is 44.9 Å². The van der Waals surface area contributed by atoms with E-state index in [2.05, 4.69) is 27.7 Å². The van der Waals surface area contributed by atoms with Gasteiger partial charge in [-0.15, -0.1) is 0 Å². The van der Waals surface area contributed by atoms with Crippen LogP contribution in [0.5, 0.6) is 0 Å². The fraction of sp³-hybridized carbons (Fsp3) is 1.00. The van der Waals surface area contributed by atoms with Crippen LogP contribution >= 0.6 is 0 Å². The van der Waals surface area contributed by atoms with Crippen molar-refractivity contribution in [3.05, 3.63) is 0 Å². The zero-order chi connectivity index (χ0) is 11.3. The molecule has 15 heavy (non-hydrogen) atoms. The maximum atomic E-state index is 2.32. The first kappa shape index (κ1) is 13.1. The third-order valence-corrected chi connectivity index (χ3v) is 3.53. The Labute approximate surface area is 96.8 Å². The molecule has 2 saturated carbocycles. The quantitative estimate of drug-likeness (QED) is 0.592. The van der Waals surface area contributed by atoms with Crippen LogP contribution in [0.3, 0.4) is 0 Å². The first-order valence-electron chi connectivity index (χ1n) is 7.08.